The number of hydrogen-bond donors (Lipinski definition) is 1. The second-order valence-corrected chi connectivity index (χ2v) is 5.19. The van der Waals surface area contributed by atoms with Gasteiger partial charge in [-0.2, -0.15) is 0 Å². The fraction of sp³-hybridized carbons (Fsp3) is 1.00. The van der Waals surface area contributed by atoms with Gasteiger partial charge in [-0.05, 0) is 25.2 Å². The quantitative estimate of drug-likeness (QED) is 0.714. The highest BCUT2D eigenvalue weighted by Crippen LogP contribution is 2.40. The second-order valence-electron chi connectivity index (χ2n) is 5.19. The van der Waals surface area contributed by atoms with Crippen molar-refractivity contribution in [3.63, 3.8) is 0 Å². The van der Waals surface area contributed by atoms with Crippen molar-refractivity contribution in [1.82, 2.24) is 4.90 Å². The van der Waals surface area contributed by atoms with E-state index in [9.17, 15) is 5.11 Å². The molecule has 1 aliphatic carbocycles. The SMILES string of the molecule is OC[C@]12CN(CC3CC3)C[C@H]1CCO2. The molecule has 0 unspecified atom stereocenters. The molecular weight excluding hydrogens is 178 g/mol. The lowest BCUT2D eigenvalue weighted by atomic mass is 9.92. The molecule has 3 fully saturated rings. The lowest BCUT2D eigenvalue weighted by Crippen LogP contribution is -2.40. The van der Waals surface area contributed by atoms with Gasteiger partial charge >= 0.3 is 0 Å². The molecule has 0 spiro atoms. The molecule has 80 valence electrons. The number of ether oxygens (including phenoxy) is 1. The van der Waals surface area contributed by atoms with Crippen molar-refractivity contribution < 1.29 is 9.84 Å². The van der Waals surface area contributed by atoms with Gasteiger partial charge in [0.15, 0.2) is 0 Å². The third-order valence-electron chi connectivity index (χ3n) is 4.05. The Morgan fingerprint density at radius 1 is 1.36 bits per heavy atom. The third-order valence-corrected chi connectivity index (χ3v) is 4.05. The van der Waals surface area contributed by atoms with E-state index in [2.05, 4.69) is 4.90 Å². The molecule has 3 rings (SSSR count). The average Bonchev–Trinajstić information content (AvgIpc) is 2.76. The van der Waals surface area contributed by atoms with Crippen LogP contribution in [0.4, 0.5) is 0 Å². The first-order valence-electron chi connectivity index (χ1n) is 5.79. The smallest absolute Gasteiger partial charge is 0.108 e. The Hall–Kier alpha value is -0.120. The molecule has 2 heterocycles. The van der Waals surface area contributed by atoms with Gasteiger partial charge < -0.3 is 9.84 Å². The molecule has 0 aromatic heterocycles. The second kappa shape index (κ2) is 3.19. The minimum Gasteiger partial charge on any atom is -0.393 e. The van der Waals surface area contributed by atoms with Crippen LogP contribution in [-0.2, 0) is 4.74 Å². The summed E-state index contributed by atoms with van der Waals surface area (Å²) in [5, 5.41) is 9.44. The maximum atomic E-state index is 9.44. The molecule has 3 aliphatic rings. The van der Waals surface area contributed by atoms with Crippen molar-refractivity contribution in [2.45, 2.75) is 24.9 Å². The summed E-state index contributed by atoms with van der Waals surface area (Å²) in [4.78, 5) is 2.50. The first-order chi connectivity index (χ1) is 6.82. The van der Waals surface area contributed by atoms with E-state index in [1.807, 2.05) is 0 Å². The molecule has 2 aliphatic heterocycles. The molecule has 0 aromatic carbocycles. The molecular formula is C11H19NO2. The minimum atomic E-state index is -0.186. The molecule has 1 saturated carbocycles. The predicted molar refractivity (Wildman–Crippen MR) is 53.0 cm³/mol. The Labute approximate surface area is 85.0 Å². The summed E-state index contributed by atoms with van der Waals surface area (Å²) < 4.78 is 5.75. The number of fused-ring (bicyclic) bond motifs is 1. The van der Waals surface area contributed by atoms with Gasteiger partial charge in [-0.1, -0.05) is 0 Å². The van der Waals surface area contributed by atoms with Crippen LogP contribution >= 0.6 is 0 Å². The Balaban J connectivity index is 1.65. The number of likely N-dealkylation sites (tertiary alicyclic amines) is 1. The summed E-state index contributed by atoms with van der Waals surface area (Å²) in [6.45, 7) is 4.41. The fourth-order valence-corrected chi connectivity index (χ4v) is 3.00. The van der Waals surface area contributed by atoms with Crippen LogP contribution in [0.25, 0.3) is 0 Å². The van der Waals surface area contributed by atoms with Gasteiger partial charge in [0.05, 0.1) is 6.61 Å². The summed E-state index contributed by atoms with van der Waals surface area (Å²) >= 11 is 0. The molecule has 0 bridgehead atoms. The highest BCUT2D eigenvalue weighted by atomic mass is 16.5. The highest BCUT2D eigenvalue weighted by molar-refractivity contribution is 5.02. The van der Waals surface area contributed by atoms with Gasteiger partial charge in [0.2, 0.25) is 0 Å². The molecule has 0 radical (unpaired) electrons. The van der Waals surface area contributed by atoms with E-state index < -0.39 is 0 Å². The topological polar surface area (TPSA) is 32.7 Å². The summed E-state index contributed by atoms with van der Waals surface area (Å²) in [6, 6.07) is 0. The minimum absolute atomic E-state index is 0.186. The average molecular weight is 197 g/mol. The predicted octanol–water partition coefficient (Wildman–Crippen LogP) is 0.480. The van der Waals surface area contributed by atoms with Crippen molar-refractivity contribution in [3.05, 3.63) is 0 Å². The Morgan fingerprint density at radius 3 is 2.86 bits per heavy atom. The Morgan fingerprint density at radius 2 is 2.21 bits per heavy atom. The van der Waals surface area contributed by atoms with Gasteiger partial charge in [0.25, 0.3) is 0 Å². The van der Waals surface area contributed by atoms with Crippen molar-refractivity contribution in [2.75, 3.05) is 32.8 Å². The fourth-order valence-electron chi connectivity index (χ4n) is 3.00. The third kappa shape index (κ3) is 1.38. The molecule has 0 aromatic rings. The zero-order chi connectivity index (χ0) is 9.60. The van der Waals surface area contributed by atoms with E-state index in [0.29, 0.717) is 5.92 Å². The summed E-state index contributed by atoms with van der Waals surface area (Å²) in [7, 11) is 0. The van der Waals surface area contributed by atoms with Crippen LogP contribution in [-0.4, -0.2) is 48.5 Å². The molecule has 14 heavy (non-hydrogen) atoms. The molecule has 3 nitrogen and oxygen atoms in total. The number of nitrogens with zero attached hydrogens (tertiary/aromatic N) is 1. The first kappa shape index (κ1) is 9.13. The maximum Gasteiger partial charge on any atom is 0.108 e. The monoisotopic (exact) mass is 197 g/mol. The Kier molecular flexibility index (Phi) is 2.08. The molecule has 2 saturated heterocycles. The van der Waals surface area contributed by atoms with E-state index in [-0.39, 0.29) is 12.2 Å². The zero-order valence-corrected chi connectivity index (χ0v) is 8.61. The first-order valence-corrected chi connectivity index (χ1v) is 5.79. The van der Waals surface area contributed by atoms with Crippen LogP contribution in [0, 0.1) is 11.8 Å². The van der Waals surface area contributed by atoms with E-state index >= 15 is 0 Å². The number of rotatable bonds is 3. The van der Waals surface area contributed by atoms with Crippen LogP contribution in [0.15, 0.2) is 0 Å². The van der Waals surface area contributed by atoms with E-state index in [0.717, 1.165) is 32.0 Å². The van der Waals surface area contributed by atoms with E-state index in [4.69, 9.17) is 4.74 Å². The summed E-state index contributed by atoms with van der Waals surface area (Å²) in [5.41, 5.74) is -0.186. The van der Waals surface area contributed by atoms with Crippen LogP contribution in [0.5, 0.6) is 0 Å². The Bertz CT molecular complexity index is 229. The lowest BCUT2D eigenvalue weighted by Gasteiger charge is -2.25. The van der Waals surface area contributed by atoms with Crippen molar-refractivity contribution >= 4 is 0 Å². The number of aliphatic hydroxyl groups excluding tert-OH is 1. The molecule has 2 atom stereocenters. The standard InChI is InChI=1S/C11H19NO2/c13-8-11-7-12(5-9-1-2-9)6-10(11)3-4-14-11/h9-10,13H,1-8H2/t10-,11-/m1/s1. The van der Waals surface area contributed by atoms with Crippen LogP contribution in [0.2, 0.25) is 0 Å². The van der Waals surface area contributed by atoms with Gasteiger partial charge in [-0.15, -0.1) is 0 Å². The largest absolute Gasteiger partial charge is 0.393 e. The van der Waals surface area contributed by atoms with Gasteiger partial charge in [-0.25, -0.2) is 0 Å². The van der Waals surface area contributed by atoms with Gasteiger partial charge in [-0.3, -0.25) is 4.90 Å². The van der Waals surface area contributed by atoms with Crippen molar-refractivity contribution in [3.8, 4) is 0 Å². The highest BCUT2D eigenvalue weighted by Gasteiger charge is 2.50. The lowest BCUT2D eigenvalue weighted by molar-refractivity contribution is -0.0461. The molecule has 0 amide bonds. The number of aliphatic hydroxyl groups is 1. The molecule has 3 heteroatoms. The van der Waals surface area contributed by atoms with Crippen LogP contribution in [0.3, 0.4) is 0 Å². The van der Waals surface area contributed by atoms with E-state index in [1.54, 1.807) is 0 Å². The van der Waals surface area contributed by atoms with Crippen LogP contribution in [0.1, 0.15) is 19.3 Å². The summed E-state index contributed by atoms with van der Waals surface area (Å²) in [5.74, 6) is 1.54. The van der Waals surface area contributed by atoms with Gasteiger partial charge in [0, 0.05) is 32.2 Å². The summed E-state index contributed by atoms with van der Waals surface area (Å²) in [6.07, 6.45) is 3.96. The zero-order valence-electron chi connectivity index (χ0n) is 8.61. The van der Waals surface area contributed by atoms with Crippen molar-refractivity contribution in [1.29, 1.82) is 0 Å². The van der Waals surface area contributed by atoms with Crippen LogP contribution < -0.4 is 0 Å². The normalized spacial score (nSPS) is 43.1. The van der Waals surface area contributed by atoms with E-state index in [1.165, 1.54) is 19.4 Å². The maximum absolute atomic E-state index is 9.44. The van der Waals surface area contributed by atoms with Gasteiger partial charge in [0.1, 0.15) is 5.60 Å². The molecule has 1 N–H and O–H groups in total. The number of hydrogen-bond acceptors (Lipinski definition) is 3. The van der Waals surface area contributed by atoms with Crippen molar-refractivity contribution in [2.24, 2.45) is 11.8 Å².